The summed E-state index contributed by atoms with van der Waals surface area (Å²) in [5, 5.41) is 6.41. The zero-order valence-electron chi connectivity index (χ0n) is 15.6. The molecule has 2 aromatic carbocycles. The molecule has 0 aliphatic carbocycles. The van der Waals surface area contributed by atoms with Crippen molar-refractivity contribution < 1.29 is 19.2 Å². The van der Waals surface area contributed by atoms with Crippen LogP contribution < -0.4 is 21.3 Å². The van der Waals surface area contributed by atoms with Gasteiger partial charge in [0.25, 0.3) is 0 Å². The number of nitrogens with one attached hydrogen (secondary N) is 2. The van der Waals surface area contributed by atoms with Crippen molar-refractivity contribution in [1.82, 2.24) is 5.32 Å². The minimum atomic E-state index is -1.45. The molecule has 30 heavy (non-hydrogen) atoms. The zero-order valence-corrected chi connectivity index (χ0v) is 16.3. The molecule has 8 nitrogen and oxygen atoms in total. The number of fused-ring (bicyclic) bond motifs is 4. The highest BCUT2D eigenvalue weighted by atomic mass is 35.5. The van der Waals surface area contributed by atoms with E-state index in [1.165, 1.54) is 0 Å². The minimum Gasteiger partial charge on any atom is -0.370 e. The predicted molar refractivity (Wildman–Crippen MR) is 108 cm³/mol. The van der Waals surface area contributed by atoms with Crippen molar-refractivity contribution in [2.45, 2.75) is 18.0 Å². The lowest BCUT2D eigenvalue weighted by atomic mass is 9.76. The molecule has 5 rings (SSSR count). The summed E-state index contributed by atoms with van der Waals surface area (Å²) in [4.78, 5) is 52.9. The summed E-state index contributed by atoms with van der Waals surface area (Å²) in [6.07, 6.45) is -0.175. The fourth-order valence-corrected chi connectivity index (χ4v) is 5.12. The average Bonchev–Trinajstić information content (AvgIpc) is 3.27. The topological polar surface area (TPSA) is 122 Å². The molecule has 0 aromatic heterocycles. The monoisotopic (exact) mass is 424 g/mol. The Morgan fingerprint density at radius 1 is 1.07 bits per heavy atom. The molecule has 0 radical (unpaired) electrons. The van der Waals surface area contributed by atoms with Crippen LogP contribution in [0.5, 0.6) is 0 Å². The van der Waals surface area contributed by atoms with E-state index in [0.29, 0.717) is 22.0 Å². The summed E-state index contributed by atoms with van der Waals surface area (Å²) < 4.78 is 0. The van der Waals surface area contributed by atoms with E-state index in [9.17, 15) is 19.2 Å². The number of para-hydroxylation sites is 1. The Balaban J connectivity index is 1.67. The van der Waals surface area contributed by atoms with E-state index in [-0.39, 0.29) is 6.42 Å². The SMILES string of the molecule is NC(=O)C[C@@H]1N[C@]2(C(=O)Nc3ccccc32)[C@@H]2C(=O)N(c3ccc(Cl)cc3)C(=O)[C@H]12. The van der Waals surface area contributed by atoms with Crippen LogP contribution >= 0.6 is 11.6 Å². The second kappa shape index (κ2) is 6.38. The van der Waals surface area contributed by atoms with E-state index < -0.39 is 47.0 Å². The zero-order chi connectivity index (χ0) is 21.2. The first-order chi connectivity index (χ1) is 14.3. The quantitative estimate of drug-likeness (QED) is 0.638. The second-order valence-corrected chi connectivity index (χ2v) is 8.16. The summed E-state index contributed by atoms with van der Waals surface area (Å²) in [6.45, 7) is 0. The van der Waals surface area contributed by atoms with Crippen LogP contribution in [-0.2, 0) is 24.7 Å². The molecule has 4 N–H and O–H groups in total. The number of halogens is 1. The maximum atomic E-state index is 13.6. The van der Waals surface area contributed by atoms with Gasteiger partial charge < -0.3 is 11.1 Å². The smallest absolute Gasteiger partial charge is 0.250 e. The van der Waals surface area contributed by atoms with Crippen molar-refractivity contribution in [2.75, 3.05) is 10.2 Å². The van der Waals surface area contributed by atoms with Gasteiger partial charge in [-0.2, -0.15) is 0 Å². The number of primary amides is 1. The molecule has 3 aliphatic rings. The Hall–Kier alpha value is -3.23. The number of imide groups is 1. The van der Waals surface area contributed by atoms with E-state index in [1.54, 1.807) is 48.5 Å². The molecule has 0 bridgehead atoms. The van der Waals surface area contributed by atoms with Gasteiger partial charge in [-0.15, -0.1) is 0 Å². The molecule has 2 aromatic rings. The third kappa shape index (κ3) is 2.37. The number of nitrogens with zero attached hydrogens (tertiary/aromatic N) is 1. The molecule has 4 amide bonds. The summed E-state index contributed by atoms with van der Waals surface area (Å²) in [6, 6.07) is 12.6. The number of amides is 4. The number of carbonyl (C=O) groups excluding carboxylic acids is 4. The van der Waals surface area contributed by atoms with Crippen molar-refractivity contribution in [3.63, 3.8) is 0 Å². The highest BCUT2D eigenvalue weighted by Gasteiger charge is 2.70. The average molecular weight is 425 g/mol. The first-order valence-corrected chi connectivity index (χ1v) is 9.82. The molecule has 1 spiro atoms. The number of hydrogen-bond donors (Lipinski definition) is 3. The van der Waals surface area contributed by atoms with Crippen LogP contribution in [0.4, 0.5) is 11.4 Å². The fraction of sp³-hybridized carbons (Fsp3) is 0.238. The summed E-state index contributed by atoms with van der Waals surface area (Å²) in [7, 11) is 0. The first kappa shape index (κ1) is 18.8. The fourth-order valence-electron chi connectivity index (χ4n) is 4.99. The Bertz CT molecular complexity index is 1120. The Morgan fingerprint density at radius 3 is 2.47 bits per heavy atom. The van der Waals surface area contributed by atoms with Crippen molar-refractivity contribution >= 4 is 46.6 Å². The van der Waals surface area contributed by atoms with Crippen LogP contribution in [0.15, 0.2) is 48.5 Å². The van der Waals surface area contributed by atoms with Crippen LogP contribution in [-0.4, -0.2) is 29.7 Å². The Morgan fingerprint density at radius 2 is 1.77 bits per heavy atom. The number of benzene rings is 2. The van der Waals surface area contributed by atoms with E-state index in [0.717, 1.165) is 4.90 Å². The van der Waals surface area contributed by atoms with E-state index in [2.05, 4.69) is 10.6 Å². The molecule has 3 aliphatic heterocycles. The van der Waals surface area contributed by atoms with E-state index in [1.807, 2.05) is 0 Å². The Kier molecular flexibility index (Phi) is 4.00. The van der Waals surface area contributed by atoms with Gasteiger partial charge in [0, 0.05) is 28.7 Å². The summed E-state index contributed by atoms with van der Waals surface area (Å²) in [5.74, 6) is -3.94. The third-order valence-electron chi connectivity index (χ3n) is 6.13. The van der Waals surface area contributed by atoms with Crippen molar-refractivity contribution in [3.8, 4) is 0 Å². The van der Waals surface area contributed by atoms with Gasteiger partial charge in [-0.05, 0) is 30.3 Å². The van der Waals surface area contributed by atoms with Crippen LogP contribution in [0.3, 0.4) is 0 Å². The number of anilines is 2. The number of nitrogens with two attached hydrogens (primary N) is 1. The molecular weight excluding hydrogens is 408 g/mol. The van der Waals surface area contributed by atoms with E-state index in [4.69, 9.17) is 17.3 Å². The second-order valence-electron chi connectivity index (χ2n) is 7.72. The normalized spacial score (nSPS) is 29.3. The van der Waals surface area contributed by atoms with Gasteiger partial charge in [0.05, 0.1) is 17.5 Å². The van der Waals surface area contributed by atoms with Crippen LogP contribution in [0.1, 0.15) is 12.0 Å². The van der Waals surface area contributed by atoms with Crippen LogP contribution in [0.25, 0.3) is 0 Å². The highest BCUT2D eigenvalue weighted by Crippen LogP contribution is 2.53. The molecule has 0 saturated carbocycles. The third-order valence-corrected chi connectivity index (χ3v) is 6.38. The van der Waals surface area contributed by atoms with Gasteiger partial charge >= 0.3 is 0 Å². The van der Waals surface area contributed by atoms with E-state index >= 15 is 0 Å². The lowest BCUT2D eigenvalue weighted by molar-refractivity contribution is -0.130. The molecule has 4 atom stereocenters. The standard InChI is InChI=1S/C21H17ClN4O4/c22-10-5-7-11(8-6-10)26-18(28)16-14(9-15(23)27)25-21(17(16)19(26)29)12-3-1-2-4-13(12)24-20(21)30/h1-8,14,16-17,25H,9H2,(H2,23,27)(H,24,30)/t14-,16+,17-,21-/m0/s1. The molecule has 9 heteroatoms. The number of carbonyl (C=O) groups is 4. The number of rotatable bonds is 3. The first-order valence-electron chi connectivity index (χ1n) is 9.45. The molecule has 2 fully saturated rings. The van der Waals surface area contributed by atoms with Crippen LogP contribution in [0.2, 0.25) is 5.02 Å². The summed E-state index contributed by atoms with van der Waals surface area (Å²) >= 11 is 5.94. The maximum Gasteiger partial charge on any atom is 0.250 e. The maximum absolute atomic E-state index is 13.6. The molecule has 152 valence electrons. The predicted octanol–water partition coefficient (Wildman–Crippen LogP) is 1.14. The van der Waals surface area contributed by atoms with Gasteiger partial charge in [-0.25, -0.2) is 4.90 Å². The molecule has 3 heterocycles. The molecular formula is C21H17ClN4O4. The highest BCUT2D eigenvalue weighted by molar-refractivity contribution is 6.31. The lowest BCUT2D eigenvalue weighted by Crippen LogP contribution is -2.53. The van der Waals surface area contributed by atoms with Crippen LogP contribution in [0, 0.1) is 11.8 Å². The van der Waals surface area contributed by atoms with Gasteiger partial charge in [0.1, 0.15) is 5.54 Å². The Labute approximate surface area is 176 Å². The van der Waals surface area contributed by atoms with Crippen molar-refractivity contribution in [1.29, 1.82) is 0 Å². The minimum absolute atomic E-state index is 0.175. The molecule has 2 saturated heterocycles. The van der Waals surface area contributed by atoms with Gasteiger partial charge in [-0.1, -0.05) is 29.8 Å². The van der Waals surface area contributed by atoms with Gasteiger partial charge in [0.15, 0.2) is 0 Å². The molecule has 0 unspecified atom stereocenters. The summed E-state index contributed by atoms with van der Waals surface area (Å²) in [5.41, 5.74) is 5.47. The van der Waals surface area contributed by atoms with Crippen molar-refractivity contribution in [2.24, 2.45) is 17.6 Å². The van der Waals surface area contributed by atoms with Gasteiger partial charge in [-0.3, -0.25) is 24.5 Å². The van der Waals surface area contributed by atoms with Gasteiger partial charge in [0.2, 0.25) is 23.6 Å². The van der Waals surface area contributed by atoms with Crippen molar-refractivity contribution in [3.05, 3.63) is 59.1 Å². The number of hydrogen-bond acceptors (Lipinski definition) is 5. The largest absolute Gasteiger partial charge is 0.370 e. The lowest BCUT2D eigenvalue weighted by Gasteiger charge is -2.29.